The number of aliphatic hydroxyl groups excluding tert-OH is 1. The molecule has 0 aromatic rings. The quantitative estimate of drug-likeness (QED) is 0.0273. The van der Waals surface area contributed by atoms with E-state index in [2.05, 4.69) is 36.6 Å². The van der Waals surface area contributed by atoms with Crippen molar-refractivity contribution in [3.05, 3.63) is 12.2 Å². The number of carboxylic acid groups (broad SMARTS) is 1. The summed E-state index contributed by atoms with van der Waals surface area (Å²) in [4.78, 5) is 47.7. The molecule has 0 radical (unpaired) electrons. The Bertz CT molecular complexity index is 957. The van der Waals surface area contributed by atoms with Gasteiger partial charge in [-0.15, -0.1) is 0 Å². The topological polar surface area (TPSA) is 142 Å². The molecule has 0 aliphatic carbocycles. The molecule has 2 atom stereocenters. The van der Waals surface area contributed by atoms with Crippen LogP contribution in [-0.4, -0.2) is 59.3 Å². The van der Waals surface area contributed by atoms with Gasteiger partial charge < -0.3 is 25.6 Å². The van der Waals surface area contributed by atoms with Crippen molar-refractivity contribution in [1.82, 2.24) is 10.6 Å². The summed E-state index contributed by atoms with van der Waals surface area (Å²) in [5.41, 5.74) is 0. The summed E-state index contributed by atoms with van der Waals surface area (Å²) >= 11 is 0. The van der Waals surface area contributed by atoms with E-state index in [1.54, 1.807) is 0 Å². The van der Waals surface area contributed by atoms with E-state index < -0.39 is 24.5 Å². The maximum Gasteiger partial charge on any atom is 0.328 e. The molecule has 2 unspecified atom stereocenters. The van der Waals surface area contributed by atoms with Crippen LogP contribution in [0, 0.1) is 0 Å². The van der Waals surface area contributed by atoms with Crippen molar-refractivity contribution in [2.24, 2.45) is 0 Å². The summed E-state index contributed by atoms with van der Waals surface area (Å²) in [6, 6.07) is -1.38. The van der Waals surface area contributed by atoms with Crippen LogP contribution >= 0.6 is 0 Å². The van der Waals surface area contributed by atoms with Crippen LogP contribution in [-0.2, 0) is 23.9 Å². The lowest BCUT2D eigenvalue weighted by molar-refractivity contribution is -0.150. The summed E-state index contributed by atoms with van der Waals surface area (Å²) in [7, 11) is 0. The molecular formula is C47H88N2O7. The average molecular weight is 793 g/mol. The Morgan fingerprint density at radius 1 is 0.518 bits per heavy atom. The second-order valence-electron chi connectivity index (χ2n) is 16.2. The average Bonchev–Trinajstić information content (AvgIpc) is 3.18. The van der Waals surface area contributed by atoms with Crippen LogP contribution in [0.15, 0.2) is 12.2 Å². The molecule has 0 spiro atoms. The Labute approximate surface area is 343 Å². The standard InChI is InChI=1S/C47H88N2O7/c1-3-5-7-9-11-13-15-17-19-21-23-25-28-32-36-42(56-46(53)39-35-31-26-24-22-20-18-16-14-12-10-8-6-4-2)37-33-29-27-30-34-38-44(51)48-40-45(52)49-43(41-50)47(54)55/h16,18,42-43,50H,3-15,17,19-41H2,1-2H3,(H,48,51)(H,49,52)(H,54,55)/b18-16-. The number of aliphatic carboxylic acids is 1. The van der Waals surface area contributed by atoms with Crippen LogP contribution in [0.5, 0.6) is 0 Å². The number of ether oxygens (including phenoxy) is 1. The van der Waals surface area contributed by atoms with Crippen LogP contribution in [0.2, 0.25) is 0 Å². The fraction of sp³-hybridized carbons (Fsp3) is 0.872. The molecule has 0 bridgehead atoms. The van der Waals surface area contributed by atoms with E-state index in [0.717, 1.165) is 64.2 Å². The summed E-state index contributed by atoms with van der Waals surface area (Å²) in [5.74, 6) is -2.28. The molecule has 56 heavy (non-hydrogen) atoms. The predicted molar refractivity (Wildman–Crippen MR) is 232 cm³/mol. The van der Waals surface area contributed by atoms with Crippen molar-refractivity contribution in [2.45, 2.75) is 251 Å². The van der Waals surface area contributed by atoms with Crippen LogP contribution in [0.25, 0.3) is 0 Å². The molecule has 2 amide bonds. The van der Waals surface area contributed by atoms with Gasteiger partial charge in [-0.2, -0.15) is 0 Å². The minimum atomic E-state index is -1.38. The number of carbonyl (C=O) groups is 4. The van der Waals surface area contributed by atoms with E-state index in [0.29, 0.717) is 19.3 Å². The number of allylic oxidation sites excluding steroid dienone is 2. The Morgan fingerprint density at radius 3 is 1.34 bits per heavy atom. The van der Waals surface area contributed by atoms with E-state index in [9.17, 15) is 19.2 Å². The summed E-state index contributed by atoms with van der Waals surface area (Å²) < 4.78 is 6.05. The minimum Gasteiger partial charge on any atom is -0.480 e. The first-order valence-corrected chi connectivity index (χ1v) is 23.6. The molecule has 0 saturated heterocycles. The van der Waals surface area contributed by atoms with Gasteiger partial charge >= 0.3 is 11.9 Å². The number of carboxylic acids is 1. The largest absolute Gasteiger partial charge is 0.480 e. The first-order chi connectivity index (χ1) is 27.3. The summed E-state index contributed by atoms with van der Waals surface area (Å²) in [6.45, 7) is 3.50. The molecule has 0 aliphatic rings. The Morgan fingerprint density at radius 2 is 0.911 bits per heavy atom. The van der Waals surface area contributed by atoms with Crippen LogP contribution < -0.4 is 10.6 Å². The molecule has 0 saturated carbocycles. The molecule has 0 aromatic carbocycles. The number of carbonyl (C=O) groups excluding carboxylic acids is 3. The van der Waals surface area contributed by atoms with Crippen LogP contribution in [0.4, 0.5) is 0 Å². The summed E-state index contributed by atoms with van der Waals surface area (Å²) in [6.07, 6.45) is 45.2. The number of hydrogen-bond acceptors (Lipinski definition) is 6. The highest BCUT2D eigenvalue weighted by atomic mass is 16.5. The van der Waals surface area contributed by atoms with Gasteiger partial charge in [-0.3, -0.25) is 14.4 Å². The number of unbranched alkanes of at least 4 members (excludes halogenated alkanes) is 27. The zero-order valence-electron chi connectivity index (χ0n) is 36.4. The fourth-order valence-corrected chi connectivity index (χ4v) is 7.12. The van der Waals surface area contributed by atoms with Crippen molar-refractivity contribution < 1.29 is 34.1 Å². The fourth-order valence-electron chi connectivity index (χ4n) is 7.12. The third-order valence-electron chi connectivity index (χ3n) is 10.8. The van der Waals surface area contributed by atoms with E-state index in [-0.39, 0.29) is 24.5 Å². The maximum absolute atomic E-state index is 12.8. The van der Waals surface area contributed by atoms with Gasteiger partial charge in [0, 0.05) is 12.8 Å². The zero-order valence-corrected chi connectivity index (χ0v) is 36.4. The van der Waals surface area contributed by atoms with E-state index >= 15 is 0 Å². The molecule has 0 heterocycles. The number of esters is 1. The first-order valence-electron chi connectivity index (χ1n) is 23.6. The second kappa shape index (κ2) is 42.2. The van der Waals surface area contributed by atoms with E-state index in [1.807, 2.05) is 0 Å². The van der Waals surface area contributed by atoms with Crippen molar-refractivity contribution in [3.63, 3.8) is 0 Å². The highest BCUT2D eigenvalue weighted by Gasteiger charge is 2.19. The SMILES string of the molecule is CCCCCCC/C=C\CCCCCCCC(=O)OC(CCCCCCCCCCCCCCCC)CCCCCCCC(=O)NCC(=O)NC(CO)C(=O)O. The molecule has 9 heteroatoms. The Hall–Kier alpha value is -2.42. The lowest BCUT2D eigenvalue weighted by Crippen LogP contribution is -2.47. The lowest BCUT2D eigenvalue weighted by Gasteiger charge is -2.18. The van der Waals surface area contributed by atoms with E-state index in [1.165, 1.54) is 141 Å². The molecule has 9 nitrogen and oxygen atoms in total. The number of rotatable bonds is 43. The summed E-state index contributed by atoms with van der Waals surface area (Å²) in [5, 5.41) is 22.6. The van der Waals surface area contributed by atoms with Gasteiger partial charge in [-0.25, -0.2) is 4.79 Å². The van der Waals surface area contributed by atoms with Gasteiger partial charge in [-0.05, 0) is 64.2 Å². The van der Waals surface area contributed by atoms with Crippen molar-refractivity contribution >= 4 is 23.8 Å². The first kappa shape index (κ1) is 53.6. The van der Waals surface area contributed by atoms with Crippen LogP contribution in [0.1, 0.15) is 239 Å². The minimum absolute atomic E-state index is 0.0123. The molecule has 4 N–H and O–H groups in total. The lowest BCUT2D eigenvalue weighted by atomic mass is 10.0. The van der Waals surface area contributed by atoms with E-state index in [4.69, 9.17) is 14.9 Å². The molecule has 0 fully saturated rings. The van der Waals surface area contributed by atoms with Crippen molar-refractivity contribution in [1.29, 1.82) is 0 Å². The molecule has 328 valence electrons. The molecule has 0 rings (SSSR count). The number of hydrogen-bond donors (Lipinski definition) is 4. The number of aliphatic hydroxyl groups is 1. The van der Waals surface area contributed by atoms with Gasteiger partial charge in [0.05, 0.1) is 13.2 Å². The van der Waals surface area contributed by atoms with Crippen LogP contribution in [0.3, 0.4) is 0 Å². The Balaban J connectivity index is 4.31. The van der Waals surface area contributed by atoms with Gasteiger partial charge in [-0.1, -0.05) is 174 Å². The van der Waals surface area contributed by atoms with Gasteiger partial charge in [0.15, 0.2) is 0 Å². The third kappa shape index (κ3) is 38.5. The predicted octanol–water partition coefficient (Wildman–Crippen LogP) is 11.8. The molecule has 0 aromatic heterocycles. The normalized spacial score (nSPS) is 12.5. The smallest absolute Gasteiger partial charge is 0.328 e. The highest BCUT2D eigenvalue weighted by molar-refractivity contribution is 5.87. The number of nitrogens with one attached hydrogen (secondary N) is 2. The van der Waals surface area contributed by atoms with Gasteiger partial charge in [0.25, 0.3) is 0 Å². The van der Waals surface area contributed by atoms with Gasteiger partial charge in [0.2, 0.25) is 11.8 Å². The highest BCUT2D eigenvalue weighted by Crippen LogP contribution is 2.19. The zero-order chi connectivity index (χ0) is 41.2. The monoisotopic (exact) mass is 793 g/mol. The third-order valence-corrected chi connectivity index (χ3v) is 10.8. The molecule has 0 aliphatic heterocycles. The second-order valence-corrected chi connectivity index (χ2v) is 16.2. The van der Waals surface area contributed by atoms with Gasteiger partial charge in [0.1, 0.15) is 12.1 Å². The Kier molecular flexibility index (Phi) is 40.4. The van der Waals surface area contributed by atoms with Crippen molar-refractivity contribution in [2.75, 3.05) is 13.2 Å². The number of amides is 2. The maximum atomic E-state index is 12.8. The molecular weight excluding hydrogens is 705 g/mol. The van der Waals surface area contributed by atoms with Crippen molar-refractivity contribution in [3.8, 4) is 0 Å².